The highest BCUT2D eigenvalue weighted by molar-refractivity contribution is 6.15. The van der Waals surface area contributed by atoms with Crippen LogP contribution in [0, 0.1) is 11.3 Å². The molecule has 2 atom stereocenters. The van der Waals surface area contributed by atoms with Crippen LogP contribution in [0.1, 0.15) is 48.5 Å². The molecule has 0 heterocycles. The van der Waals surface area contributed by atoms with Gasteiger partial charge in [-0.2, -0.15) is 0 Å². The molecule has 0 aromatic heterocycles. The van der Waals surface area contributed by atoms with Crippen LogP contribution in [-0.4, -0.2) is 42.5 Å². The van der Waals surface area contributed by atoms with Gasteiger partial charge in [0, 0.05) is 12.6 Å². The molecule has 0 fully saturated rings. The average Bonchev–Trinajstić information content (AvgIpc) is 2.42. The van der Waals surface area contributed by atoms with Gasteiger partial charge >= 0.3 is 5.97 Å². The lowest BCUT2D eigenvalue weighted by Gasteiger charge is -2.36. The molecule has 0 aromatic rings. The molecule has 5 nitrogen and oxygen atoms in total. The summed E-state index contributed by atoms with van der Waals surface area (Å²) in [5, 5.41) is 0. The SMILES string of the molecule is CCOC(=O)/C(C)=C/C(C(C)C)N(C)C(=O)C(NCl)C(C)(C)C. The zero-order valence-electron chi connectivity index (χ0n) is 15.6. The maximum Gasteiger partial charge on any atom is 0.333 e. The Kier molecular flexibility index (Phi) is 8.85. The van der Waals surface area contributed by atoms with E-state index in [0.29, 0.717) is 12.2 Å². The molecule has 134 valence electrons. The fourth-order valence-corrected chi connectivity index (χ4v) is 2.67. The molecule has 1 N–H and O–H groups in total. The molecule has 1 amide bonds. The van der Waals surface area contributed by atoms with Crippen molar-refractivity contribution in [2.24, 2.45) is 11.3 Å². The minimum Gasteiger partial charge on any atom is -0.463 e. The van der Waals surface area contributed by atoms with Gasteiger partial charge in [0.05, 0.1) is 12.6 Å². The molecule has 0 aliphatic rings. The molecule has 0 saturated heterocycles. The van der Waals surface area contributed by atoms with Crippen molar-refractivity contribution in [2.45, 2.75) is 60.5 Å². The summed E-state index contributed by atoms with van der Waals surface area (Å²) >= 11 is 5.79. The Morgan fingerprint density at radius 3 is 2.17 bits per heavy atom. The van der Waals surface area contributed by atoms with Crippen LogP contribution in [0.5, 0.6) is 0 Å². The molecule has 0 aliphatic heterocycles. The van der Waals surface area contributed by atoms with Crippen LogP contribution in [0.4, 0.5) is 0 Å². The van der Waals surface area contributed by atoms with Gasteiger partial charge in [0.2, 0.25) is 5.91 Å². The van der Waals surface area contributed by atoms with Crippen molar-refractivity contribution in [3.05, 3.63) is 11.6 Å². The molecule has 2 unspecified atom stereocenters. The second-order valence-corrected chi connectivity index (χ2v) is 7.38. The zero-order chi connectivity index (χ0) is 18.4. The summed E-state index contributed by atoms with van der Waals surface area (Å²) in [5.74, 6) is -0.329. The van der Waals surface area contributed by atoms with Gasteiger partial charge in [-0.1, -0.05) is 40.7 Å². The largest absolute Gasteiger partial charge is 0.463 e. The predicted octanol–water partition coefficient (Wildman–Crippen LogP) is 3.14. The maximum atomic E-state index is 12.8. The van der Waals surface area contributed by atoms with Gasteiger partial charge in [-0.05, 0) is 37.0 Å². The fraction of sp³-hybridized carbons (Fsp3) is 0.765. The third kappa shape index (κ3) is 6.51. The van der Waals surface area contributed by atoms with Crippen molar-refractivity contribution in [1.82, 2.24) is 9.74 Å². The van der Waals surface area contributed by atoms with Crippen LogP contribution in [0.15, 0.2) is 11.6 Å². The number of nitrogens with one attached hydrogen (secondary N) is 1. The number of carbonyl (C=O) groups excluding carboxylic acids is 2. The molecular weight excluding hydrogens is 316 g/mol. The van der Waals surface area contributed by atoms with Gasteiger partial charge in [-0.3, -0.25) is 4.79 Å². The number of hydrogen-bond donors (Lipinski definition) is 1. The van der Waals surface area contributed by atoms with Gasteiger partial charge in [0.25, 0.3) is 0 Å². The predicted molar refractivity (Wildman–Crippen MR) is 94.0 cm³/mol. The molecule has 0 saturated carbocycles. The molecule has 23 heavy (non-hydrogen) atoms. The van der Waals surface area contributed by atoms with E-state index in [1.54, 1.807) is 31.9 Å². The zero-order valence-corrected chi connectivity index (χ0v) is 16.3. The van der Waals surface area contributed by atoms with E-state index >= 15 is 0 Å². The minimum atomic E-state index is -0.522. The summed E-state index contributed by atoms with van der Waals surface area (Å²) in [4.78, 5) is 28.8. The second-order valence-electron chi connectivity index (χ2n) is 7.16. The van der Waals surface area contributed by atoms with Gasteiger partial charge in [0.1, 0.15) is 6.04 Å². The van der Waals surface area contributed by atoms with Crippen molar-refractivity contribution in [1.29, 1.82) is 0 Å². The number of ether oxygens (including phenoxy) is 1. The van der Waals surface area contributed by atoms with Crippen LogP contribution in [-0.2, 0) is 14.3 Å². The van der Waals surface area contributed by atoms with Crippen LogP contribution in [0.25, 0.3) is 0 Å². The smallest absolute Gasteiger partial charge is 0.333 e. The first-order valence-electron chi connectivity index (χ1n) is 7.95. The van der Waals surface area contributed by atoms with Crippen molar-refractivity contribution in [3.8, 4) is 0 Å². The van der Waals surface area contributed by atoms with Gasteiger partial charge in [0.15, 0.2) is 0 Å². The Morgan fingerprint density at radius 1 is 1.30 bits per heavy atom. The molecule has 0 radical (unpaired) electrons. The number of halogens is 1. The Balaban J connectivity index is 5.43. The van der Waals surface area contributed by atoms with Crippen LogP contribution in [0.3, 0.4) is 0 Å². The number of rotatable bonds is 7. The number of esters is 1. The Morgan fingerprint density at radius 2 is 1.83 bits per heavy atom. The second kappa shape index (κ2) is 9.28. The number of hydrogen-bond acceptors (Lipinski definition) is 4. The normalized spacial score (nSPS) is 15.3. The highest BCUT2D eigenvalue weighted by atomic mass is 35.5. The van der Waals surface area contributed by atoms with Crippen molar-refractivity contribution in [2.75, 3.05) is 13.7 Å². The monoisotopic (exact) mass is 346 g/mol. The topological polar surface area (TPSA) is 58.6 Å². The highest BCUT2D eigenvalue weighted by Crippen LogP contribution is 2.24. The molecule has 6 heteroatoms. The van der Waals surface area contributed by atoms with E-state index < -0.39 is 6.04 Å². The quantitative estimate of drug-likeness (QED) is 0.437. The van der Waals surface area contributed by atoms with Crippen molar-refractivity contribution >= 4 is 23.7 Å². The van der Waals surface area contributed by atoms with E-state index in [-0.39, 0.29) is 29.3 Å². The standard InChI is InChI=1S/C17H31ClN2O3/c1-9-23-16(22)12(4)10-13(11(2)3)20(8)15(21)14(19-18)17(5,6)7/h10-11,13-14,19H,9H2,1-8H3/b12-10+. The van der Waals surface area contributed by atoms with Crippen LogP contribution in [0.2, 0.25) is 0 Å². The van der Waals surface area contributed by atoms with Gasteiger partial charge in [-0.25, -0.2) is 9.63 Å². The van der Waals surface area contributed by atoms with E-state index in [2.05, 4.69) is 4.84 Å². The number of nitrogens with zero attached hydrogens (tertiary/aromatic N) is 1. The van der Waals surface area contributed by atoms with Crippen molar-refractivity contribution in [3.63, 3.8) is 0 Å². The fourth-order valence-electron chi connectivity index (χ4n) is 2.25. The number of carbonyl (C=O) groups is 2. The van der Waals surface area contributed by atoms with E-state index in [9.17, 15) is 9.59 Å². The minimum absolute atomic E-state index is 0.112. The van der Waals surface area contributed by atoms with E-state index in [0.717, 1.165) is 0 Å². The lowest BCUT2D eigenvalue weighted by Crippen LogP contribution is -2.52. The van der Waals surface area contributed by atoms with Gasteiger partial charge in [-0.15, -0.1) is 0 Å². The molecule has 0 bridgehead atoms. The summed E-state index contributed by atoms with van der Waals surface area (Å²) in [5.41, 5.74) is 0.172. The summed E-state index contributed by atoms with van der Waals surface area (Å²) in [6.45, 7) is 13.6. The third-order valence-electron chi connectivity index (χ3n) is 3.72. The Bertz CT molecular complexity index is 442. The Hall–Kier alpha value is -1.07. The maximum absolute atomic E-state index is 12.8. The lowest BCUT2D eigenvalue weighted by atomic mass is 9.86. The number of likely N-dealkylation sites (N-methyl/N-ethyl adjacent to an activating group) is 1. The third-order valence-corrected chi connectivity index (χ3v) is 3.94. The first kappa shape index (κ1) is 21.9. The van der Waals surface area contributed by atoms with E-state index in [4.69, 9.17) is 16.5 Å². The first-order valence-corrected chi connectivity index (χ1v) is 8.33. The van der Waals surface area contributed by atoms with E-state index in [1.807, 2.05) is 34.6 Å². The average molecular weight is 347 g/mol. The Labute approximate surface area is 145 Å². The molecule has 0 aliphatic carbocycles. The molecule has 0 rings (SSSR count). The van der Waals surface area contributed by atoms with Crippen LogP contribution >= 0.6 is 11.8 Å². The number of amides is 1. The first-order chi connectivity index (χ1) is 10.5. The van der Waals surface area contributed by atoms with Crippen molar-refractivity contribution < 1.29 is 14.3 Å². The summed E-state index contributed by atoms with van der Waals surface area (Å²) in [6.07, 6.45) is 1.79. The summed E-state index contributed by atoms with van der Waals surface area (Å²) in [7, 11) is 1.73. The molecular formula is C17H31ClN2O3. The van der Waals surface area contributed by atoms with Crippen LogP contribution < -0.4 is 4.84 Å². The molecule has 0 spiro atoms. The highest BCUT2D eigenvalue weighted by Gasteiger charge is 2.35. The lowest BCUT2D eigenvalue weighted by molar-refractivity contribution is -0.139. The molecule has 0 aromatic carbocycles. The van der Waals surface area contributed by atoms with Gasteiger partial charge < -0.3 is 9.64 Å². The summed E-state index contributed by atoms with van der Waals surface area (Å²) < 4.78 is 5.00. The van der Waals surface area contributed by atoms with E-state index in [1.165, 1.54) is 0 Å². The summed E-state index contributed by atoms with van der Waals surface area (Å²) in [6, 6.07) is -0.742.